The van der Waals surface area contributed by atoms with Gasteiger partial charge < -0.3 is 10.6 Å². The lowest BCUT2D eigenvalue weighted by atomic mass is 10.1. The van der Waals surface area contributed by atoms with Crippen LogP contribution in [-0.4, -0.2) is 35.8 Å². The topological polar surface area (TPSA) is 61.4 Å². The third-order valence-corrected chi connectivity index (χ3v) is 5.34. The summed E-state index contributed by atoms with van der Waals surface area (Å²) in [6.45, 7) is 1.89. The van der Waals surface area contributed by atoms with Gasteiger partial charge in [0.1, 0.15) is 0 Å². The van der Waals surface area contributed by atoms with Gasteiger partial charge >= 0.3 is 0 Å². The van der Waals surface area contributed by atoms with Gasteiger partial charge in [0, 0.05) is 19.1 Å². The SMILES string of the molecule is O=C(CN(CC1CC1)C1CC1)Nc1ccccc1C(=O)NCc1ccccc1. The maximum Gasteiger partial charge on any atom is 0.253 e. The lowest BCUT2D eigenvalue weighted by Crippen LogP contribution is -2.36. The summed E-state index contributed by atoms with van der Waals surface area (Å²) in [4.78, 5) is 27.6. The minimum atomic E-state index is -0.184. The minimum absolute atomic E-state index is 0.0455. The fraction of sp³-hybridized carbons (Fsp3) is 0.391. The van der Waals surface area contributed by atoms with Gasteiger partial charge in [-0.3, -0.25) is 14.5 Å². The summed E-state index contributed by atoms with van der Waals surface area (Å²) >= 11 is 0. The summed E-state index contributed by atoms with van der Waals surface area (Å²) in [7, 11) is 0. The number of carbonyl (C=O) groups is 2. The van der Waals surface area contributed by atoms with Crippen molar-refractivity contribution in [3.8, 4) is 0 Å². The first-order valence-corrected chi connectivity index (χ1v) is 10.1. The van der Waals surface area contributed by atoms with Crippen molar-refractivity contribution in [1.29, 1.82) is 0 Å². The Morgan fingerprint density at radius 2 is 1.64 bits per heavy atom. The van der Waals surface area contributed by atoms with Crippen LogP contribution in [0.25, 0.3) is 0 Å². The van der Waals surface area contributed by atoms with Crippen molar-refractivity contribution in [2.45, 2.75) is 38.3 Å². The molecule has 0 aliphatic heterocycles. The molecule has 2 aliphatic carbocycles. The van der Waals surface area contributed by atoms with Crippen molar-refractivity contribution < 1.29 is 9.59 Å². The zero-order valence-electron chi connectivity index (χ0n) is 16.1. The zero-order chi connectivity index (χ0) is 19.3. The number of hydrogen-bond donors (Lipinski definition) is 2. The van der Waals surface area contributed by atoms with Crippen molar-refractivity contribution in [2.75, 3.05) is 18.4 Å². The monoisotopic (exact) mass is 377 g/mol. The van der Waals surface area contributed by atoms with Gasteiger partial charge in [-0.2, -0.15) is 0 Å². The quantitative estimate of drug-likeness (QED) is 0.704. The van der Waals surface area contributed by atoms with Gasteiger partial charge in [-0.05, 0) is 49.3 Å². The second-order valence-electron chi connectivity index (χ2n) is 7.87. The molecular weight excluding hydrogens is 350 g/mol. The normalized spacial score (nSPS) is 16.0. The molecule has 2 amide bonds. The van der Waals surface area contributed by atoms with E-state index in [1.165, 1.54) is 25.7 Å². The summed E-state index contributed by atoms with van der Waals surface area (Å²) in [5.74, 6) is 0.539. The third-order valence-electron chi connectivity index (χ3n) is 5.34. The molecular formula is C23H27N3O2. The number of anilines is 1. The van der Waals surface area contributed by atoms with Gasteiger partial charge in [0.15, 0.2) is 0 Å². The molecule has 0 atom stereocenters. The van der Waals surface area contributed by atoms with Gasteiger partial charge in [-0.1, -0.05) is 42.5 Å². The largest absolute Gasteiger partial charge is 0.348 e. The summed E-state index contributed by atoms with van der Waals surface area (Å²) in [6.07, 6.45) is 4.96. The summed E-state index contributed by atoms with van der Waals surface area (Å²) in [5.41, 5.74) is 2.10. The molecule has 0 spiro atoms. The second kappa shape index (κ2) is 8.57. The average molecular weight is 377 g/mol. The summed E-state index contributed by atoms with van der Waals surface area (Å²) in [6, 6.07) is 17.5. The molecule has 2 aromatic rings. The molecule has 5 nitrogen and oxygen atoms in total. The number of nitrogens with one attached hydrogen (secondary N) is 2. The fourth-order valence-electron chi connectivity index (χ4n) is 3.45. The Morgan fingerprint density at radius 3 is 2.36 bits per heavy atom. The summed E-state index contributed by atoms with van der Waals surface area (Å²) < 4.78 is 0. The Balaban J connectivity index is 1.36. The van der Waals surface area contributed by atoms with E-state index in [2.05, 4.69) is 15.5 Å². The first-order valence-electron chi connectivity index (χ1n) is 10.1. The number of amides is 2. The number of carbonyl (C=O) groups excluding carboxylic acids is 2. The van der Waals surface area contributed by atoms with Crippen LogP contribution in [0.4, 0.5) is 5.69 Å². The van der Waals surface area contributed by atoms with E-state index in [0.717, 1.165) is 18.0 Å². The smallest absolute Gasteiger partial charge is 0.253 e. The van der Waals surface area contributed by atoms with E-state index >= 15 is 0 Å². The molecule has 2 fully saturated rings. The molecule has 2 aromatic carbocycles. The Bertz CT molecular complexity index is 829. The Labute approximate surface area is 166 Å². The minimum Gasteiger partial charge on any atom is -0.348 e. The van der Waals surface area contributed by atoms with Crippen LogP contribution in [0, 0.1) is 5.92 Å². The Hall–Kier alpha value is -2.66. The molecule has 0 bridgehead atoms. The highest BCUT2D eigenvalue weighted by atomic mass is 16.2. The second-order valence-corrected chi connectivity index (χ2v) is 7.87. The molecule has 2 saturated carbocycles. The number of nitrogens with zero attached hydrogens (tertiary/aromatic N) is 1. The molecule has 0 aromatic heterocycles. The van der Waals surface area contributed by atoms with E-state index in [1.54, 1.807) is 12.1 Å². The molecule has 28 heavy (non-hydrogen) atoms. The lowest BCUT2D eigenvalue weighted by molar-refractivity contribution is -0.117. The number of hydrogen-bond acceptors (Lipinski definition) is 3. The van der Waals surface area contributed by atoms with Crippen molar-refractivity contribution in [3.63, 3.8) is 0 Å². The molecule has 2 aliphatic rings. The highest BCUT2D eigenvalue weighted by Gasteiger charge is 2.34. The van der Waals surface area contributed by atoms with Crippen molar-refractivity contribution in [3.05, 3.63) is 65.7 Å². The van der Waals surface area contributed by atoms with Gasteiger partial charge in [-0.25, -0.2) is 0 Å². The van der Waals surface area contributed by atoms with Crippen LogP contribution in [0.2, 0.25) is 0 Å². The van der Waals surface area contributed by atoms with Crippen LogP contribution in [-0.2, 0) is 11.3 Å². The number of rotatable bonds is 9. The van der Waals surface area contributed by atoms with Crippen molar-refractivity contribution >= 4 is 17.5 Å². The molecule has 0 saturated heterocycles. The zero-order valence-corrected chi connectivity index (χ0v) is 16.1. The van der Waals surface area contributed by atoms with Gasteiger partial charge in [0.25, 0.3) is 5.91 Å². The highest BCUT2D eigenvalue weighted by molar-refractivity contribution is 6.04. The van der Waals surface area contributed by atoms with Gasteiger partial charge in [-0.15, -0.1) is 0 Å². The highest BCUT2D eigenvalue weighted by Crippen LogP contribution is 2.34. The molecule has 4 rings (SSSR count). The maximum absolute atomic E-state index is 12.6. The lowest BCUT2D eigenvalue weighted by Gasteiger charge is -2.21. The molecule has 0 radical (unpaired) electrons. The third kappa shape index (κ3) is 5.20. The van der Waals surface area contributed by atoms with Crippen LogP contribution in [0.3, 0.4) is 0 Å². The van der Waals surface area contributed by atoms with Crippen LogP contribution in [0.15, 0.2) is 54.6 Å². The first kappa shape index (κ1) is 18.7. The van der Waals surface area contributed by atoms with Crippen LogP contribution in [0.5, 0.6) is 0 Å². The van der Waals surface area contributed by atoms with E-state index in [9.17, 15) is 9.59 Å². The predicted molar refractivity (Wildman–Crippen MR) is 110 cm³/mol. The van der Waals surface area contributed by atoms with Crippen LogP contribution >= 0.6 is 0 Å². The van der Waals surface area contributed by atoms with Crippen molar-refractivity contribution in [2.24, 2.45) is 5.92 Å². The Kier molecular flexibility index (Phi) is 5.72. The summed E-state index contributed by atoms with van der Waals surface area (Å²) in [5, 5.41) is 5.89. The van der Waals surface area contributed by atoms with E-state index in [4.69, 9.17) is 0 Å². The standard InChI is InChI=1S/C23H27N3O2/c27-22(16-26(19-12-13-19)15-18-10-11-18)25-21-9-5-4-8-20(21)23(28)24-14-17-6-2-1-3-7-17/h1-9,18-19H,10-16H2,(H,24,28)(H,25,27). The molecule has 5 heteroatoms. The van der Waals surface area contributed by atoms with Crippen LogP contribution in [0.1, 0.15) is 41.6 Å². The van der Waals surface area contributed by atoms with E-state index in [1.807, 2.05) is 42.5 Å². The van der Waals surface area contributed by atoms with E-state index in [0.29, 0.717) is 30.4 Å². The van der Waals surface area contributed by atoms with Gasteiger partial charge in [0.2, 0.25) is 5.91 Å². The number of benzene rings is 2. The molecule has 146 valence electrons. The number of para-hydroxylation sites is 1. The Morgan fingerprint density at radius 1 is 0.929 bits per heavy atom. The first-order chi connectivity index (χ1) is 13.7. The average Bonchev–Trinajstić information content (AvgIpc) is 3.61. The molecule has 0 unspecified atom stereocenters. The molecule has 0 heterocycles. The van der Waals surface area contributed by atoms with Crippen molar-refractivity contribution in [1.82, 2.24) is 10.2 Å². The van der Waals surface area contributed by atoms with Gasteiger partial charge in [0.05, 0.1) is 17.8 Å². The molecule has 2 N–H and O–H groups in total. The maximum atomic E-state index is 12.6. The van der Waals surface area contributed by atoms with E-state index < -0.39 is 0 Å². The fourth-order valence-corrected chi connectivity index (χ4v) is 3.45. The predicted octanol–water partition coefficient (Wildman–Crippen LogP) is 3.43. The van der Waals surface area contributed by atoms with Crippen LogP contribution < -0.4 is 10.6 Å². The van der Waals surface area contributed by atoms with E-state index in [-0.39, 0.29) is 11.8 Å².